The Labute approximate surface area is 104 Å². The van der Waals surface area contributed by atoms with Crippen molar-refractivity contribution < 1.29 is 4.74 Å². The molecule has 0 saturated heterocycles. The van der Waals surface area contributed by atoms with E-state index in [1.807, 2.05) is 0 Å². The van der Waals surface area contributed by atoms with Crippen molar-refractivity contribution in [3.8, 4) is 5.75 Å². The standard InChI is InChI=1S/C15H23NO/c1-4-8-17-14-7-5-6-12-9-13(11(2)3)10-16-15(12)14/h5-7,11,13,16H,4,8-10H2,1-3H3. The summed E-state index contributed by atoms with van der Waals surface area (Å²) in [7, 11) is 0. The Morgan fingerprint density at radius 1 is 1.41 bits per heavy atom. The SMILES string of the molecule is CCCOc1cccc2c1NCC(C(C)C)C2. The van der Waals surface area contributed by atoms with Crippen molar-refractivity contribution in [3.05, 3.63) is 23.8 Å². The third-order valence-corrected chi connectivity index (χ3v) is 3.54. The Hall–Kier alpha value is -1.18. The highest BCUT2D eigenvalue weighted by molar-refractivity contribution is 5.63. The molecule has 0 aliphatic carbocycles. The van der Waals surface area contributed by atoms with Crippen molar-refractivity contribution in [2.24, 2.45) is 11.8 Å². The average Bonchev–Trinajstić information content (AvgIpc) is 2.35. The summed E-state index contributed by atoms with van der Waals surface area (Å²) in [4.78, 5) is 0. The largest absolute Gasteiger partial charge is 0.491 e. The van der Waals surface area contributed by atoms with Crippen LogP contribution in [0.4, 0.5) is 5.69 Å². The first kappa shape index (κ1) is 12.3. The van der Waals surface area contributed by atoms with Crippen LogP contribution in [0.1, 0.15) is 32.8 Å². The highest BCUT2D eigenvalue weighted by Crippen LogP contribution is 2.35. The van der Waals surface area contributed by atoms with Crippen molar-refractivity contribution in [2.75, 3.05) is 18.5 Å². The van der Waals surface area contributed by atoms with Gasteiger partial charge in [-0.1, -0.05) is 32.9 Å². The van der Waals surface area contributed by atoms with Gasteiger partial charge in [-0.15, -0.1) is 0 Å². The van der Waals surface area contributed by atoms with Gasteiger partial charge in [0.2, 0.25) is 0 Å². The minimum absolute atomic E-state index is 0.732. The van der Waals surface area contributed by atoms with E-state index in [1.165, 1.54) is 17.7 Å². The molecule has 1 unspecified atom stereocenters. The second kappa shape index (κ2) is 5.44. The van der Waals surface area contributed by atoms with E-state index in [1.54, 1.807) is 0 Å². The van der Waals surface area contributed by atoms with E-state index in [4.69, 9.17) is 4.74 Å². The van der Waals surface area contributed by atoms with Gasteiger partial charge in [0.1, 0.15) is 5.75 Å². The van der Waals surface area contributed by atoms with Crippen LogP contribution < -0.4 is 10.1 Å². The summed E-state index contributed by atoms with van der Waals surface area (Å²) in [5.41, 5.74) is 2.63. The Kier molecular flexibility index (Phi) is 3.93. The molecule has 2 nitrogen and oxygen atoms in total. The van der Waals surface area contributed by atoms with Gasteiger partial charge in [-0.25, -0.2) is 0 Å². The van der Waals surface area contributed by atoms with Gasteiger partial charge >= 0.3 is 0 Å². The van der Waals surface area contributed by atoms with Crippen LogP contribution in [0, 0.1) is 11.8 Å². The molecule has 0 saturated carbocycles. The molecule has 2 heteroatoms. The predicted molar refractivity (Wildman–Crippen MR) is 72.7 cm³/mol. The van der Waals surface area contributed by atoms with Crippen molar-refractivity contribution in [1.29, 1.82) is 0 Å². The second-order valence-electron chi connectivity index (χ2n) is 5.23. The topological polar surface area (TPSA) is 21.3 Å². The number of anilines is 1. The Balaban J connectivity index is 2.17. The maximum Gasteiger partial charge on any atom is 0.142 e. The van der Waals surface area contributed by atoms with Crippen molar-refractivity contribution in [3.63, 3.8) is 0 Å². The predicted octanol–water partition coefficient (Wildman–Crippen LogP) is 3.72. The summed E-state index contributed by atoms with van der Waals surface area (Å²) < 4.78 is 5.79. The normalized spacial score (nSPS) is 18.7. The first-order valence-electron chi connectivity index (χ1n) is 6.71. The molecule has 0 aromatic heterocycles. The molecule has 94 valence electrons. The maximum atomic E-state index is 5.79. The number of fused-ring (bicyclic) bond motifs is 1. The molecule has 0 bridgehead atoms. The lowest BCUT2D eigenvalue weighted by Crippen LogP contribution is -2.27. The van der Waals surface area contributed by atoms with Gasteiger partial charge in [0, 0.05) is 6.54 Å². The molecule has 0 amide bonds. The summed E-state index contributed by atoms with van der Waals surface area (Å²) in [5.74, 6) is 2.49. The summed E-state index contributed by atoms with van der Waals surface area (Å²) in [6, 6.07) is 6.39. The van der Waals surface area contributed by atoms with Gasteiger partial charge in [-0.2, -0.15) is 0 Å². The van der Waals surface area contributed by atoms with Gasteiger partial charge in [0.15, 0.2) is 0 Å². The van der Waals surface area contributed by atoms with Crippen LogP contribution in [0.5, 0.6) is 5.75 Å². The van der Waals surface area contributed by atoms with Crippen molar-refractivity contribution in [2.45, 2.75) is 33.6 Å². The van der Waals surface area contributed by atoms with E-state index in [-0.39, 0.29) is 0 Å². The van der Waals surface area contributed by atoms with Crippen LogP contribution in [0.2, 0.25) is 0 Å². The minimum Gasteiger partial charge on any atom is -0.491 e. The highest BCUT2D eigenvalue weighted by Gasteiger charge is 2.22. The minimum atomic E-state index is 0.732. The van der Waals surface area contributed by atoms with Crippen LogP contribution >= 0.6 is 0 Å². The van der Waals surface area contributed by atoms with Crippen LogP contribution in [-0.2, 0) is 6.42 Å². The quantitative estimate of drug-likeness (QED) is 0.856. The Morgan fingerprint density at radius 2 is 2.24 bits per heavy atom. The molecule has 2 rings (SSSR count). The Morgan fingerprint density at radius 3 is 2.94 bits per heavy atom. The molecular formula is C15H23NO. The number of para-hydroxylation sites is 1. The molecule has 1 aromatic carbocycles. The maximum absolute atomic E-state index is 5.79. The fraction of sp³-hybridized carbons (Fsp3) is 0.600. The van der Waals surface area contributed by atoms with E-state index in [2.05, 4.69) is 44.3 Å². The van der Waals surface area contributed by atoms with Gasteiger partial charge in [0.25, 0.3) is 0 Å². The van der Waals surface area contributed by atoms with E-state index in [0.29, 0.717) is 0 Å². The molecule has 1 aromatic rings. The third kappa shape index (κ3) is 2.74. The van der Waals surface area contributed by atoms with Crippen LogP contribution in [-0.4, -0.2) is 13.2 Å². The number of nitrogens with one attached hydrogen (secondary N) is 1. The zero-order valence-electron chi connectivity index (χ0n) is 11.1. The van der Waals surface area contributed by atoms with Gasteiger partial charge < -0.3 is 10.1 Å². The molecular weight excluding hydrogens is 210 g/mol. The van der Waals surface area contributed by atoms with E-state index >= 15 is 0 Å². The molecule has 17 heavy (non-hydrogen) atoms. The zero-order valence-corrected chi connectivity index (χ0v) is 11.1. The molecule has 1 aliphatic heterocycles. The van der Waals surface area contributed by atoms with Gasteiger partial charge in [-0.3, -0.25) is 0 Å². The monoisotopic (exact) mass is 233 g/mol. The number of hydrogen-bond donors (Lipinski definition) is 1. The van der Waals surface area contributed by atoms with E-state index < -0.39 is 0 Å². The number of rotatable bonds is 4. The Bertz CT molecular complexity index is 373. The second-order valence-corrected chi connectivity index (χ2v) is 5.23. The summed E-state index contributed by atoms with van der Waals surface area (Å²) in [5, 5.41) is 3.55. The zero-order chi connectivity index (χ0) is 12.3. The van der Waals surface area contributed by atoms with Crippen LogP contribution in [0.25, 0.3) is 0 Å². The average molecular weight is 233 g/mol. The lowest BCUT2D eigenvalue weighted by Gasteiger charge is -2.30. The number of benzene rings is 1. The molecule has 1 heterocycles. The van der Waals surface area contributed by atoms with Crippen molar-refractivity contribution in [1.82, 2.24) is 0 Å². The first-order valence-corrected chi connectivity index (χ1v) is 6.71. The van der Waals surface area contributed by atoms with E-state index in [0.717, 1.165) is 37.2 Å². The fourth-order valence-corrected chi connectivity index (χ4v) is 2.34. The van der Waals surface area contributed by atoms with Gasteiger partial charge in [-0.05, 0) is 36.3 Å². The smallest absolute Gasteiger partial charge is 0.142 e. The number of ether oxygens (including phenoxy) is 1. The first-order chi connectivity index (χ1) is 8.22. The van der Waals surface area contributed by atoms with Gasteiger partial charge in [0.05, 0.1) is 12.3 Å². The molecule has 1 atom stereocenters. The summed E-state index contributed by atoms with van der Waals surface area (Å²) in [6.07, 6.45) is 2.22. The van der Waals surface area contributed by atoms with Crippen LogP contribution in [0.15, 0.2) is 18.2 Å². The number of hydrogen-bond acceptors (Lipinski definition) is 2. The summed E-state index contributed by atoms with van der Waals surface area (Å²) >= 11 is 0. The molecule has 0 fully saturated rings. The molecule has 0 radical (unpaired) electrons. The lowest BCUT2D eigenvalue weighted by atomic mass is 9.86. The lowest BCUT2D eigenvalue weighted by molar-refractivity contribution is 0.316. The third-order valence-electron chi connectivity index (χ3n) is 3.54. The van der Waals surface area contributed by atoms with Crippen molar-refractivity contribution >= 4 is 5.69 Å². The molecule has 0 spiro atoms. The summed E-state index contributed by atoms with van der Waals surface area (Å²) in [6.45, 7) is 8.60. The van der Waals surface area contributed by atoms with E-state index in [9.17, 15) is 0 Å². The fourth-order valence-electron chi connectivity index (χ4n) is 2.34. The molecule has 1 aliphatic rings. The highest BCUT2D eigenvalue weighted by atomic mass is 16.5. The van der Waals surface area contributed by atoms with Crippen LogP contribution in [0.3, 0.4) is 0 Å². The molecule has 1 N–H and O–H groups in total.